The first-order chi connectivity index (χ1) is 7.72. The molecule has 0 spiro atoms. The maximum atomic E-state index is 5.78. The van der Waals surface area contributed by atoms with Crippen LogP contribution in [0.1, 0.15) is 24.6 Å². The number of rotatable bonds is 2. The molecule has 0 radical (unpaired) electrons. The summed E-state index contributed by atoms with van der Waals surface area (Å²) in [5.41, 5.74) is 6.88. The number of hydrogen-bond acceptors (Lipinski definition) is 3. The third-order valence-electron chi connectivity index (χ3n) is 3.00. The third-order valence-corrected chi connectivity index (χ3v) is 4.65. The van der Waals surface area contributed by atoms with Crippen molar-refractivity contribution in [2.75, 3.05) is 0 Å². The zero-order valence-electron chi connectivity index (χ0n) is 8.61. The smallest absolute Gasteiger partial charge is 0.109 e. The molecule has 1 aliphatic carbocycles. The number of H-pyrrole nitrogens is 1. The summed E-state index contributed by atoms with van der Waals surface area (Å²) in [7, 11) is 0. The van der Waals surface area contributed by atoms with Crippen molar-refractivity contribution in [3.05, 3.63) is 27.9 Å². The number of imidazole rings is 1. The van der Waals surface area contributed by atoms with Gasteiger partial charge in [-0.25, -0.2) is 4.98 Å². The number of thiophene rings is 1. The number of aromatic amines is 1. The van der Waals surface area contributed by atoms with Gasteiger partial charge in [0.2, 0.25) is 0 Å². The molecule has 0 atom stereocenters. The molecule has 2 aromatic rings. The van der Waals surface area contributed by atoms with Crippen LogP contribution in [0.15, 0.2) is 22.1 Å². The standard InChI is InChI=1S/C11H12BrN3S/c12-10-2-1-9(16-10)8-5-14-11(15-8)6-3-7(13)4-6/h1-2,5-7H,3-4,13H2,(H,14,15). The Labute approximate surface area is 106 Å². The fraction of sp³-hybridized carbons (Fsp3) is 0.364. The Balaban J connectivity index is 1.82. The fourth-order valence-corrected chi connectivity index (χ4v) is 3.36. The molecular weight excluding hydrogens is 286 g/mol. The van der Waals surface area contributed by atoms with E-state index in [0.29, 0.717) is 12.0 Å². The van der Waals surface area contributed by atoms with Crippen LogP contribution in [0.4, 0.5) is 0 Å². The van der Waals surface area contributed by atoms with E-state index in [1.807, 2.05) is 6.20 Å². The lowest BCUT2D eigenvalue weighted by Crippen LogP contribution is -2.35. The van der Waals surface area contributed by atoms with E-state index in [1.165, 1.54) is 4.88 Å². The first-order valence-corrected chi connectivity index (χ1v) is 6.89. The molecular formula is C11H12BrN3S. The fourth-order valence-electron chi connectivity index (χ4n) is 2.01. The highest BCUT2D eigenvalue weighted by Gasteiger charge is 2.29. The van der Waals surface area contributed by atoms with Gasteiger partial charge in [0, 0.05) is 12.0 Å². The van der Waals surface area contributed by atoms with Crippen LogP contribution in [0.5, 0.6) is 0 Å². The molecule has 0 amide bonds. The van der Waals surface area contributed by atoms with Gasteiger partial charge >= 0.3 is 0 Å². The van der Waals surface area contributed by atoms with Crippen molar-refractivity contribution in [3.8, 4) is 10.6 Å². The molecule has 84 valence electrons. The molecule has 0 unspecified atom stereocenters. The van der Waals surface area contributed by atoms with E-state index in [4.69, 9.17) is 5.73 Å². The second kappa shape index (κ2) is 3.98. The van der Waals surface area contributed by atoms with Gasteiger partial charge in [-0.05, 0) is 40.9 Å². The summed E-state index contributed by atoms with van der Waals surface area (Å²) in [6.45, 7) is 0. The van der Waals surface area contributed by atoms with E-state index in [2.05, 4.69) is 38.0 Å². The highest BCUT2D eigenvalue weighted by atomic mass is 79.9. The Kier molecular flexibility index (Phi) is 2.61. The lowest BCUT2D eigenvalue weighted by Gasteiger charge is -2.30. The van der Waals surface area contributed by atoms with Crippen LogP contribution in [0.2, 0.25) is 0 Å². The number of nitrogens with one attached hydrogen (secondary N) is 1. The van der Waals surface area contributed by atoms with Gasteiger partial charge in [0.15, 0.2) is 0 Å². The van der Waals surface area contributed by atoms with Gasteiger partial charge in [-0.3, -0.25) is 0 Å². The molecule has 1 fully saturated rings. The van der Waals surface area contributed by atoms with Crippen molar-refractivity contribution in [2.24, 2.45) is 5.73 Å². The summed E-state index contributed by atoms with van der Waals surface area (Å²) < 4.78 is 1.14. The first-order valence-electron chi connectivity index (χ1n) is 5.28. The minimum Gasteiger partial charge on any atom is -0.341 e. The summed E-state index contributed by atoms with van der Waals surface area (Å²) in [4.78, 5) is 9.04. The Bertz CT molecular complexity index is 499. The van der Waals surface area contributed by atoms with Gasteiger partial charge in [-0.1, -0.05) is 0 Å². The van der Waals surface area contributed by atoms with Crippen LogP contribution in [0.25, 0.3) is 10.6 Å². The number of nitrogens with zero attached hydrogens (tertiary/aromatic N) is 1. The first kappa shape index (κ1) is 10.5. The summed E-state index contributed by atoms with van der Waals surface area (Å²) in [6.07, 6.45) is 4.03. The van der Waals surface area contributed by atoms with E-state index in [0.717, 1.165) is 28.1 Å². The number of halogens is 1. The minimum atomic E-state index is 0.370. The van der Waals surface area contributed by atoms with Gasteiger partial charge < -0.3 is 10.7 Å². The molecule has 0 aliphatic heterocycles. The molecule has 0 saturated heterocycles. The summed E-state index contributed by atoms with van der Waals surface area (Å²) in [5.74, 6) is 1.62. The Morgan fingerprint density at radius 2 is 2.25 bits per heavy atom. The second-order valence-corrected chi connectivity index (χ2v) is 6.68. The van der Waals surface area contributed by atoms with Gasteiger partial charge in [-0.15, -0.1) is 11.3 Å². The molecule has 0 bridgehead atoms. The highest BCUT2D eigenvalue weighted by molar-refractivity contribution is 9.11. The molecule has 1 saturated carbocycles. The third kappa shape index (κ3) is 1.83. The predicted octanol–water partition coefficient (Wildman–Crippen LogP) is 3.11. The minimum absolute atomic E-state index is 0.370. The van der Waals surface area contributed by atoms with Crippen molar-refractivity contribution < 1.29 is 0 Å². The van der Waals surface area contributed by atoms with Crippen molar-refractivity contribution in [1.29, 1.82) is 0 Å². The summed E-state index contributed by atoms with van der Waals surface area (Å²) in [6, 6.07) is 4.52. The topological polar surface area (TPSA) is 54.7 Å². The Hall–Kier alpha value is -0.650. The lowest BCUT2D eigenvalue weighted by molar-refractivity contribution is 0.340. The lowest BCUT2D eigenvalue weighted by atomic mass is 9.80. The van der Waals surface area contributed by atoms with Crippen LogP contribution in [0, 0.1) is 0 Å². The van der Waals surface area contributed by atoms with Gasteiger partial charge in [-0.2, -0.15) is 0 Å². The van der Waals surface area contributed by atoms with E-state index in [-0.39, 0.29) is 0 Å². The van der Waals surface area contributed by atoms with Gasteiger partial charge in [0.25, 0.3) is 0 Å². The molecule has 3 N–H and O–H groups in total. The van der Waals surface area contributed by atoms with Gasteiger partial charge in [0.05, 0.1) is 20.6 Å². The van der Waals surface area contributed by atoms with Crippen LogP contribution in [-0.2, 0) is 0 Å². The monoisotopic (exact) mass is 297 g/mol. The summed E-state index contributed by atoms with van der Waals surface area (Å²) >= 11 is 5.18. The molecule has 5 heteroatoms. The van der Waals surface area contributed by atoms with E-state index in [1.54, 1.807) is 11.3 Å². The van der Waals surface area contributed by atoms with E-state index < -0.39 is 0 Å². The van der Waals surface area contributed by atoms with Crippen molar-refractivity contribution in [2.45, 2.75) is 24.8 Å². The molecule has 2 aromatic heterocycles. The normalized spacial score (nSPS) is 24.4. The zero-order chi connectivity index (χ0) is 11.1. The molecule has 3 nitrogen and oxygen atoms in total. The van der Waals surface area contributed by atoms with Crippen molar-refractivity contribution in [3.63, 3.8) is 0 Å². The second-order valence-electron chi connectivity index (χ2n) is 4.21. The molecule has 3 rings (SSSR count). The SMILES string of the molecule is NC1CC(c2ncc(-c3ccc(Br)s3)[nH]2)C1. The molecule has 2 heterocycles. The van der Waals surface area contributed by atoms with Gasteiger partial charge in [0.1, 0.15) is 5.82 Å². The molecule has 16 heavy (non-hydrogen) atoms. The maximum absolute atomic E-state index is 5.78. The van der Waals surface area contributed by atoms with Crippen LogP contribution >= 0.6 is 27.3 Å². The molecule has 1 aliphatic rings. The zero-order valence-corrected chi connectivity index (χ0v) is 11.0. The highest BCUT2D eigenvalue weighted by Crippen LogP contribution is 2.36. The average molecular weight is 298 g/mol. The Morgan fingerprint density at radius 1 is 1.44 bits per heavy atom. The number of aromatic nitrogens is 2. The van der Waals surface area contributed by atoms with Crippen LogP contribution in [-0.4, -0.2) is 16.0 Å². The quantitative estimate of drug-likeness (QED) is 0.895. The Morgan fingerprint density at radius 3 is 2.88 bits per heavy atom. The largest absolute Gasteiger partial charge is 0.341 e. The number of hydrogen-bond donors (Lipinski definition) is 2. The van der Waals surface area contributed by atoms with Crippen LogP contribution in [0.3, 0.4) is 0 Å². The van der Waals surface area contributed by atoms with Crippen LogP contribution < -0.4 is 5.73 Å². The predicted molar refractivity (Wildman–Crippen MR) is 69.6 cm³/mol. The molecule has 0 aromatic carbocycles. The van der Waals surface area contributed by atoms with Crippen molar-refractivity contribution in [1.82, 2.24) is 9.97 Å². The maximum Gasteiger partial charge on any atom is 0.109 e. The summed E-state index contributed by atoms with van der Waals surface area (Å²) in [5, 5.41) is 0. The average Bonchev–Trinajstić information content (AvgIpc) is 2.81. The number of nitrogens with two attached hydrogens (primary N) is 1. The van der Waals surface area contributed by atoms with Crippen molar-refractivity contribution >= 4 is 27.3 Å². The van der Waals surface area contributed by atoms with E-state index in [9.17, 15) is 0 Å². The van der Waals surface area contributed by atoms with E-state index >= 15 is 0 Å².